The second-order valence-electron chi connectivity index (χ2n) is 7.66. The zero-order chi connectivity index (χ0) is 20.1. The van der Waals surface area contributed by atoms with Crippen LogP contribution in [0.4, 0.5) is 0 Å². The van der Waals surface area contributed by atoms with Gasteiger partial charge in [0.15, 0.2) is 17.3 Å². The molecule has 3 aliphatic rings. The third-order valence-electron chi connectivity index (χ3n) is 6.48. The minimum absolute atomic E-state index is 0.0618. The van der Waals surface area contributed by atoms with Gasteiger partial charge in [0.05, 0.1) is 33.9 Å². The summed E-state index contributed by atoms with van der Waals surface area (Å²) >= 11 is 0. The molecule has 1 spiro atoms. The molecule has 0 radical (unpaired) electrons. The van der Waals surface area contributed by atoms with Crippen LogP contribution in [0.5, 0.6) is 17.2 Å². The number of carbonyl (C=O) groups is 1. The third kappa shape index (κ3) is 2.58. The van der Waals surface area contributed by atoms with Gasteiger partial charge < -0.3 is 23.7 Å². The van der Waals surface area contributed by atoms with E-state index in [1.807, 2.05) is 18.2 Å². The minimum atomic E-state index is -0.326. The largest absolute Gasteiger partial charge is 0.494 e. The summed E-state index contributed by atoms with van der Waals surface area (Å²) in [7, 11) is 6.39. The van der Waals surface area contributed by atoms with Crippen molar-refractivity contribution in [3.63, 3.8) is 0 Å². The molecule has 2 fully saturated rings. The van der Waals surface area contributed by atoms with Crippen LogP contribution in [0.3, 0.4) is 0 Å². The van der Waals surface area contributed by atoms with E-state index in [0.29, 0.717) is 23.0 Å². The van der Waals surface area contributed by atoms with Gasteiger partial charge >= 0.3 is 0 Å². The van der Waals surface area contributed by atoms with E-state index in [1.54, 1.807) is 27.4 Å². The Kier molecular flexibility index (Phi) is 4.52. The first-order valence-electron chi connectivity index (χ1n) is 9.47. The lowest BCUT2D eigenvalue weighted by Gasteiger charge is -2.41. The maximum absolute atomic E-state index is 12.3. The first-order valence-corrected chi connectivity index (χ1v) is 9.47. The Bertz CT molecular complexity index is 845. The van der Waals surface area contributed by atoms with Gasteiger partial charge in [0.1, 0.15) is 11.9 Å². The first kappa shape index (κ1) is 18.7. The Morgan fingerprint density at radius 2 is 1.71 bits per heavy atom. The van der Waals surface area contributed by atoms with Gasteiger partial charge in [-0.3, -0.25) is 4.79 Å². The monoisotopic (exact) mass is 386 g/mol. The van der Waals surface area contributed by atoms with E-state index in [4.69, 9.17) is 23.7 Å². The maximum atomic E-state index is 12.3. The number of allylic oxidation sites excluding steroid dienone is 2. The van der Waals surface area contributed by atoms with Gasteiger partial charge in [0, 0.05) is 12.5 Å². The molecule has 0 aromatic heterocycles. The molecule has 1 saturated carbocycles. The molecule has 0 N–H and O–H groups in total. The number of hydrogen-bond acceptors (Lipinski definition) is 6. The van der Waals surface area contributed by atoms with Crippen molar-refractivity contribution in [2.24, 2.45) is 11.3 Å². The number of carbonyl (C=O) groups excluding carboxylic acids is 1. The molecule has 1 aliphatic heterocycles. The van der Waals surface area contributed by atoms with Gasteiger partial charge in [-0.2, -0.15) is 0 Å². The van der Waals surface area contributed by atoms with Gasteiger partial charge in [-0.1, -0.05) is 6.92 Å². The summed E-state index contributed by atoms with van der Waals surface area (Å²) in [6.45, 7) is 2.21. The lowest BCUT2D eigenvalue weighted by Crippen LogP contribution is -2.37. The zero-order valence-corrected chi connectivity index (χ0v) is 16.9. The normalized spacial score (nSPS) is 30.6. The van der Waals surface area contributed by atoms with Crippen molar-refractivity contribution in [1.82, 2.24) is 0 Å². The molecule has 1 aromatic rings. The minimum Gasteiger partial charge on any atom is -0.494 e. The highest BCUT2D eigenvalue weighted by atomic mass is 16.5. The van der Waals surface area contributed by atoms with Crippen LogP contribution in [0.25, 0.3) is 0 Å². The Morgan fingerprint density at radius 3 is 2.29 bits per heavy atom. The van der Waals surface area contributed by atoms with Crippen LogP contribution < -0.4 is 14.2 Å². The second kappa shape index (κ2) is 6.76. The summed E-state index contributed by atoms with van der Waals surface area (Å²) in [6, 6.07) is 4.03. The van der Waals surface area contributed by atoms with Crippen molar-refractivity contribution < 1.29 is 28.5 Å². The van der Waals surface area contributed by atoms with Gasteiger partial charge in [-0.05, 0) is 42.0 Å². The van der Waals surface area contributed by atoms with Gasteiger partial charge in [0.2, 0.25) is 11.5 Å². The third-order valence-corrected chi connectivity index (χ3v) is 6.48. The van der Waals surface area contributed by atoms with Crippen molar-refractivity contribution in [3.05, 3.63) is 41.4 Å². The maximum Gasteiger partial charge on any atom is 0.223 e. The smallest absolute Gasteiger partial charge is 0.223 e. The van der Waals surface area contributed by atoms with E-state index in [0.717, 1.165) is 24.2 Å². The van der Waals surface area contributed by atoms with Crippen LogP contribution in [-0.2, 0) is 14.3 Å². The summed E-state index contributed by atoms with van der Waals surface area (Å²) in [5.41, 5.74) is 0.785. The first-order chi connectivity index (χ1) is 13.5. The number of ketones is 1. The number of ether oxygens (including phenoxy) is 5. The molecular weight excluding hydrogens is 360 g/mol. The predicted octanol–water partition coefficient (Wildman–Crippen LogP) is 3.61. The molecule has 2 aliphatic carbocycles. The molecule has 1 aromatic carbocycles. The fourth-order valence-corrected chi connectivity index (χ4v) is 5.02. The van der Waals surface area contributed by atoms with Crippen LogP contribution in [0, 0.1) is 11.3 Å². The lowest BCUT2D eigenvalue weighted by atomic mass is 9.59. The topological polar surface area (TPSA) is 63.2 Å². The molecule has 6 heteroatoms. The fraction of sp³-hybridized carbons (Fsp3) is 0.500. The Morgan fingerprint density at radius 1 is 1.04 bits per heavy atom. The quantitative estimate of drug-likeness (QED) is 0.770. The van der Waals surface area contributed by atoms with Crippen LogP contribution in [0.2, 0.25) is 0 Å². The Balaban J connectivity index is 1.79. The molecule has 6 nitrogen and oxygen atoms in total. The summed E-state index contributed by atoms with van der Waals surface area (Å²) in [5.74, 6) is 3.31. The molecule has 150 valence electrons. The molecule has 4 rings (SSSR count). The van der Waals surface area contributed by atoms with Crippen LogP contribution in [0.1, 0.15) is 31.2 Å². The summed E-state index contributed by atoms with van der Waals surface area (Å²) in [4.78, 5) is 12.3. The van der Waals surface area contributed by atoms with Gasteiger partial charge in [-0.25, -0.2) is 0 Å². The van der Waals surface area contributed by atoms with E-state index in [2.05, 4.69) is 6.92 Å². The van der Waals surface area contributed by atoms with E-state index >= 15 is 0 Å². The summed E-state index contributed by atoms with van der Waals surface area (Å²) < 4.78 is 28.1. The van der Waals surface area contributed by atoms with E-state index in [-0.39, 0.29) is 29.1 Å². The standard InChI is InChI=1S/C22H26O6/c1-12-15(13-6-17(24-2)21(27-5)18(7-13)25-3)8-14-10-22(12)11-19(26-4)16(23)9-20(22)28-14/h6-7,9,11-12,14-15H,8,10H2,1-5H3/t12-,14+,15+,22+/m1/s1. The molecule has 0 amide bonds. The highest BCUT2D eigenvalue weighted by Gasteiger charge is 2.57. The van der Waals surface area contributed by atoms with Crippen molar-refractivity contribution in [1.29, 1.82) is 0 Å². The zero-order valence-electron chi connectivity index (χ0n) is 16.9. The number of fused-ring (bicyclic) bond motifs is 1. The highest BCUT2D eigenvalue weighted by molar-refractivity contribution is 6.04. The fourth-order valence-electron chi connectivity index (χ4n) is 5.02. The van der Waals surface area contributed by atoms with Crippen LogP contribution in [0.15, 0.2) is 35.8 Å². The molecule has 28 heavy (non-hydrogen) atoms. The Hall–Kier alpha value is -2.63. The average Bonchev–Trinajstić information content (AvgIpc) is 3.02. The van der Waals surface area contributed by atoms with E-state index < -0.39 is 0 Å². The highest BCUT2D eigenvalue weighted by Crippen LogP contribution is 2.61. The molecule has 1 heterocycles. The van der Waals surface area contributed by atoms with E-state index in [9.17, 15) is 4.79 Å². The summed E-state index contributed by atoms with van der Waals surface area (Å²) in [6.07, 6.45) is 5.36. The molecule has 2 bridgehead atoms. The van der Waals surface area contributed by atoms with Crippen LogP contribution in [-0.4, -0.2) is 40.3 Å². The van der Waals surface area contributed by atoms with Gasteiger partial charge in [-0.15, -0.1) is 0 Å². The number of hydrogen-bond donors (Lipinski definition) is 0. The number of methoxy groups -OCH3 is 4. The molecule has 0 unspecified atom stereocenters. The average molecular weight is 386 g/mol. The second-order valence-corrected chi connectivity index (χ2v) is 7.66. The van der Waals surface area contributed by atoms with Crippen molar-refractivity contribution in [3.8, 4) is 17.2 Å². The van der Waals surface area contributed by atoms with Gasteiger partial charge in [0.25, 0.3) is 0 Å². The molecular formula is C22H26O6. The lowest BCUT2D eigenvalue weighted by molar-refractivity contribution is -0.114. The summed E-state index contributed by atoms with van der Waals surface area (Å²) in [5, 5.41) is 0. The number of benzene rings is 1. The molecule has 4 atom stereocenters. The van der Waals surface area contributed by atoms with Crippen molar-refractivity contribution in [2.75, 3.05) is 28.4 Å². The van der Waals surface area contributed by atoms with Crippen molar-refractivity contribution >= 4 is 5.78 Å². The van der Waals surface area contributed by atoms with Crippen LogP contribution >= 0.6 is 0 Å². The van der Waals surface area contributed by atoms with E-state index in [1.165, 1.54) is 7.11 Å². The SMILES string of the molecule is COC1=C[C@@]23C[C@H](C[C@H](c4cc(OC)c(OC)c(OC)c4)[C@H]2C)OC3=CC1=O. The predicted molar refractivity (Wildman–Crippen MR) is 103 cm³/mol. The Labute approximate surface area is 165 Å². The number of rotatable bonds is 5. The molecule has 1 saturated heterocycles. The van der Waals surface area contributed by atoms with Crippen molar-refractivity contribution in [2.45, 2.75) is 31.8 Å².